The molecule has 0 aliphatic rings. The van der Waals surface area contributed by atoms with Crippen LogP contribution in [0.15, 0.2) is 22.7 Å². The second kappa shape index (κ2) is 6.49. The van der Waals surface area contributed by atoms with Gasteiger partial charge >= 0.3 is 0 Å². The Bertz CT molecular complexity index is 465. The largest absolute Gasteiger partial charge is 0.368 e. The lowest BCUT2D eigenvalue weighted by Crippen LogP contribution is -2.35. The van der Waals surface area contributed by atoms with E-state index in [1.165, 1.54) is 18.0 Å². The molecule has 0 radical (unpaired) electrons. The van der Waals surface area contributed by atoms with Crippen molar-refractivity contribution in [2.75, 3.05) is 13.6 Å². The highest BCUT2D eigenvalue weighted by molar-refractivity contribution is 9.10. The minimum atomic E-state index is -0.569. The molecule has 2 amide bonds. The summed E-state index contributed by atoms with van der Waals surface area (Å²) in [6, 6.07) is 4.70. The van der Waals surface area contributed by atoms with Gasteiger partial charge in [-0.3, -0.25) is 9.59 Å². The summed E-state index contributed by atoms with van der Waals surface area (Å²) < 4.78 is 14.1. The minimum Gasteiger partial charge on any atom is -0.368 e. The second-order valence-corrected chi connectivity index (χ2v) is 4.87. The van der Waals surface area contributed by atoms with Gasteiger partial charge in [-0.25, -0.2) is 4.39 Å². The standard InChI is InChI=1S/C12H14BrFN2O2/c1-16(7-11(15)17)12(18)5-3-8-2-4-9(13)6-10(8)14/h2,4,6H,3,5,7H2,1H3,(H2,15,17). The minimum absolute atomic E-state index is 0.123. The number of aryl methyl sites for hydroxylation is 1. The Morgan fingerprint density at radius 1 is 1.44 bits per heavy atom. The quantitative estimate of drug-likeness (QED) is 0.894. The van der Waals surface area contributed by atoms with E-state index in [9.17, 15) is 14.0 Å². The molecule has 0 atom stereocenters. The summed E-state index contributed by atoms with van der Waals surface area (Å²) in [6.07, 6.45) is 0.434. The maximum atomic E-state index is 13.5. The Labute approximate surface area is 113 Å². The lowest BCUT2D eigenvalue weighted by Gasteiger charge is -2.14. The highest BCUT2D eigenvalue weighted by atomic mass is 79.9. The van der Waals surface area contributed by atoms with Crippen molar-refractivity contribution in [2.45, 2.75) is 12.8 Å². The van der Waals surface area contributed by atoms with Crippen molar-refractivity contribution in [3.63, 3.8) is 0 Å². The zero-order chi connectivity index (χ0) is 13.7. The van der Waals surface area contributed by atoms with Crippen LogP contribution in [0.3, 0.4) is 0 Å². The summed E-state index contributed by atoms with van der Waals surface area (Å²) in [4.78, 5) is 23.5. The molecule has 0 aromatic heterocycles. The molecule has 18 heavy (non-hydrogen) atoms. The fourth-order valence-corrected chi connectivity index (χ4v) is 1.81. The molecular weight excluding hydrogens is 303 g/mol. The number of benzene rings is 1. The average Bonchev–Trinajstić information content (AvgIpc) is 2.26. The Kier molecular flexibility index (Phi) is 5.27. The van der Waals surface area contributed by atoms with Crippen molar-refractivity contribution in [1.29, 1.82) is 0 Å². The summed E-state index contributed by atoms with van der Waals surface area (Å²) in [7, 11) is 1.49. The first-order valence-electron chi connectivity index (χ1n) is 5.36. The Balaban J connectivity index is 2.54. The molecule has 0 heterocycles. The van der Waals surface area contributed by atoms with Crippen LogP contribution in [-0.2, 0) is 16.0 Å². The third-order valence-corrected chi connectivity index (χ3v) is 2.94. The summed E-state index contributed by atoms with van der Waals surface area (Å²) in [5, 5.41) is 0. The van der Waals surface area contributed by atoms with Crippen LogP contribution in [0.1, 0.15) is 12.0 Å². The summed E-state index contributed by atoms with van der Waals surface area (Å²) >= 11 is 3.16. The number of rotatable bonds is 5. The van der Waals surface area contributed by atoms with Gasteiger partial charge in [0.2, 0.25) is 11.8 Å². The van der Waals surface area contributed by atoms with Crippen LogP contribution >= 0.6 is 15.9 Å². The molecule has 0 aliphatic carbocycles. The molecule has 0 saturated heterocycles. The van der Waals surface area contributed by atoms with Gasteiger partial charge in [0.15, 0.2) is 0 Å². The number of likely N-dealkylation sites (N-methyl/N-ethyl adjacent to an activating group) is 1. The third kappa shape index (κ3) is 4.44. The molecule has 0 aliphatic heterocycles. The number of nitrogens with two attached hydrogens (primary N) is 1. The van der Waals surface area contributed by atoms with Crippen molar-refractivity contribution in [3.05, 3.63) is 34.1 Å². The van der Waals surface area contributed by atoms with Gasteiger partial charge in [0, 0.05) is 17.9 Å². The topological polar surface area (TPSA) is 63.4 Å². The van der Waals surface area contributed by atoms with Crippen LogP contribution in [0.25, 0.3) is 0 Å². The van der Waals surface area contributed by atoms with Crippen molar-refractivity contribution >= 4 is 27.7 Å². The van der Waals surface area contributed by atoms with E-state index in [4.69, 9.17) is 5.73 Å². The zero-order valence-electron chi connectivity index (χ0n) is 9.95. The summed E-state index contributed by atoms with van der Waals surface area (Å²) in [5.74, 6) is -1.16. The van der Waals surface area contributed by atoms with Gasteiger partial charge < -0.3 is 10.6 Å². The fraction of sp³-hybridized carbons (Fsp3) is 0.333. The molecule has 6 heteroatoms. The molecule has 1 aromatic rings. The molecule has 98 valence electrons. The number of halogens is 2. The SMILES string of the molecule is CN(CC(N)=O)C(=O)CCc1ccc(Br)cc1F. The van der Waals surface area contributed by atoms with Crippen LogP contribution in [-0.4, -0.2) is 30.3 Å². The first kappa shape index (κ1) is 14.6. The highest BCUT2D eigenvalue weighted by Crippen LogP contribution is 2.16. The second-order valence-electron chi connectivity index (χ2n) is 3.95. The van der Waals surface area contributed by atoms with E-state index in [1.807, 2.05) is 0 Å². The molecule has 0 bridgehead atoms. The number of hydrogen-bond donors (Lipinski definition) is 1. The van der Waals surface area contributed by atoms with Crippen LogP contribution in [0.5, 0.6) is 0 Å². The first-order chi connectivity index (χ1) is 8.40. The monoisotopic (exact) mass is 316 g/mol. The summed E-state index contributed by atoms with van der Waals surface area (Å²) in [5.41, 5.74) is 5.45. The zero-order valence-corrected chi connectivity index (χ0v) is 11.5. The van der Waals surface area contributed by atoms with Gasteiger partial charge in [0.1, 0.15) is 5.82 Å². The lowest BCUT2D eigenvalue weighted by molar-refractivity contribution is -0.133. The first-order valence-corrected chi connectivity index (χ1v) is 6.15. The van der Waals surface area contributed by atoms with Crippen LogP contribution < -0.4 is 5.73 Å². The van der Waals surface area contributed by atoms with Gasteiger partial charge in [0.25, 0.3) is 0 Å². The molecule has 4 nitrogen and oxygen atoms in total. The predicted molar refractivity (Wildman–Crippen MR) is 69.3 cm³/mol. The van der Waals surface area contributed by atoms with Gasteiger partial charge in [-0.05, 0) is 24.1 Å². The maximum absolute atomic E-state index is 13.5. The van der Waals surface area contributed by atoms with E-state index in [2.05, 4.69) is 15.9 Å². The number of carbonyl (C=O) groups is 2. The van der Waals surface area contributed by atoms with E-state index in [0.717, 1.165) is 0 Å². The molecule has 2 N–H and O–H groups in total. The van der Waals surface area contributed by atoms with Gasteiger partial charge in [-0.15, -0.1) is 0 Å². The molecular formula is C12H14BrFN2O2. The molecule has 1 aromatic carbocycles. The molecule has 1 rings (SSSR count). The van der Waals surface area contributed by atoms with E-state index >= 15 is 0 Å². The van der Waals surface area contributed by atoms with E-state index in [0.29, 0.717) is 16.5 Å². The van der Waals surface area contributed by atoms with Crippen molar-refractivity contribution < 1.29 is 14.0 Å². The maximum Gasteiger partial charge on any atom is 0.237 e. The van der Waals surface area contributed by atoms with Gasteiger partial charge in [-0.2, -0.15) is 0 Å². The Morgan fingerprint density at radius 2 is 2.11 bits per heavy atom. The number of nitrogens with zero attached hydrogens (tertiary/aromatic N) is 1. The van der Waals surface area contributed by atoms with Crippen LogP contribution in [0.2, 0.25) is 0 Å². The molecule has 0 unspecified atom stereocenters. The predicted octanol–water partition coefficient (Wildman–Crippen LogP) is 1.46. The van der Waals surface area contributed by atoms with Crippen molar-refractivity contribution in [3.8, 4) is 0 Å². The van der Waals surface area contributed by atoms with Crippen LogP contribution in [0.4, 0.5) is 4.39 Å². The van der Waals surface area contributed by atoms with E-state index < -0.39 is 5.91 Å². The lowest BCUT2D eigenvalue weighted by atomic mass is 10.1. The normalized spacial score (nSPS) is 10.2. The van der Waals surface area contributed by atoms with Crippen LogP contribution in [0, 0.1) is 5.82 Å². The smallest absolute Gasteiger partial charge is 0.237 e. The fourth-order valence-electron chi connectivity index (χ4n) is 1.48. The summed E-state index contributed by atoms with van der Waals surface area (Å²) in [6.45, 7) is -0.123. The Morgan fingerprint density at radius 3 is 2.67 bits per heavy atom. The number of amides is 2. The Hall–Kier alpha value is -1.43. The number of hydrogen-bond acceptors (Lipinski definition) is 2. The number of carbonyl (C=O) groups excluding carboxylic acids is 2. The van der Waals surface area contributed by atoms with Crippen molar-refractivity contribution in [1.82, 2.24) is 4.90 Å². The molecule has 0 spiro atoms. The highest BCUT2D eigenvalue weighted by Gasteiger charge is 2.12. The van der Waals surface area contributed by atoms with Gasteiger partial charge in [0.05, 0.1) is 6.54 Å². The third-order valence-electron chi connectivity index (χ3n) is 2.44. The van der Waals surface area contributed by atoms with Gasteiger partial charge in [-0.1, -0.05) is 22.0 Å². The average molecular weight is 317 g/mol. The molecule has 0 fully saturated rings. The van der Waals surface area contributed by atoms with Crippen molar-refractivity contribution in [2.24, 2.45) is 5.73 Å². The van der Waals surface area contributed by atoms with E-state index in [1.54, 1.807) is 12.1 Å². The number of primary amides is 1. The molecule has 0 saturated carbocycles. The van der Waals surface area contributed by atoms with E-state index in [-0.39, 0.29) is 24.7 Å².